The summed E-state index contributed by atoms with van der Waals surface area (Å²) in [4.78, 5) is 6.74. The normalized spacial score (nSPS) is 14.4. The molecule has 0 bridgehead atoms. The van der Waals surface area contributed by atoms with Gasteiger partial charge in [-0.1, -0.05) is 36.4 Å². The third kappa shape index (κ3) is 4.60. The minimum absolute atomic E-state index is 0.485. The Labute approximate surface area is 150 Å². The van der Waals surface area contributed by atoms with Crippen LogP contribution in [0, 0.1) is 0 Å². The number of aliphatic imine (C=N–C) groups is 1. The molecular formula is C21H28N4. The average molecular weight is 336 g/mol. The van der Waals surface area contributed by atoms with Crippen molar-refractivity contribution >= 4 is 11.6 Å². The largest absolute Gasteiger partial charge is 0.370 e. The number of rotatable bonds is 5. The fraction of sp³-hybridized carbons (Fsp3) is 0.381. The Balaban J connectivity index is 1.71. The Morgan fingerprint density at radius 1 is 1.04 bits per heavy atom. The lowest BCUT2D eigenvalue weighted by molar-refractivity contribution is 0.401. The summed E-state index contributed by atoms with van der Waals surface area (Å²) in [6.07, 6.45) is 4.82. The quantitative estimate of drug-likeness (QED) is 0.648. The summed E-state index contributed by atoms with van der Waals surface area (Å²) in [5.74, 6) is 0.485. The number of guanidine groups is 1. The molecule has 132 valence electrons. The van der Waals surface area contributed by atoms with Crippen molar-refractivity contribution in [2.24, 2.45) is 10.7 Å². The minimum Gasteiger partial charge on any atom is -0.370 e. The summed E-state index contributed by atoms with van der Waals surface area (Å²) >= 11 is 0. The molecule has 0 saturated heterocycles. The van der Waals surface area contributed by atoms with E-state index in [0.29, 0.717) is 12.5 Å². The number of fused-ring (bicyclic) bond motifs is 1. The summed E-state index contributed by atoms with van der Waals surface area (Å²) < 4.78 is 0. The molecule has 0 aliphatic heterocycles. The van der Waals surface area contributed by atoms with Gasteiger partial charge in [0.1, 0.15) is 0 Å². The van der Waals surface area contributed by atoms with Crippen LogP contribution in [0.4, 0.5) is 5.69 Å². The van der Waals surface area contributed by atoms with Gasteiger partial charge in [-0.3, -0.25) is 0 Å². The van der Waals surface area contributed by atoms with Crippen LogP contribution in [-0.4, -0.2) is 25.0 Å². The molecule has 4 nitrogen and oxygen atoms in total. The highest BCUT2D eigenvalue weighted by atomic mass is 15.1. The molecule has 0 saturated carbocycles. The lowest BCUT2D eigenvalue weighted by atomic mass is 9.90. The summed E-state index contributed by atoms with van der Waals surface area (Å²) in [5, 5.41) is 3.32. The second-order valence-electron chi connectivity index (χ2n) is 6.98. The van der Waals surface area contributed by atoms with Crippen molar-refractivity contribution in [3.8, 4) is 0 Å². The Bertz CT molecular complexity index is 749. The SMILES string of the molecule is CN(C)Cc1ccccc1CN=C(N)Nc1cccc2c1CCCC2. The van der Waals surface area contributed by atoms with E-state index >= 15 is 0 Å². The zero-order valence-electron chi connectivity index (χ0n) is 15.3. The molecular weight excluding hydrogens is 308 g/mol. The van der Waals surface area contributed by atoms with Gasteiger partial charge in [-0.15, -0.1) is 0 Å². The highest BCUT2D eigenvalue weighted by molar-refractivity contribution is 5.93. The summed E-state index contributed by atoms with van der Waals surface area (Å²) in [6.45, 7) is 1.50. The van der Waals surface area contributed by atoms with E-state index in [-0.39, 0.29) is 0 Å². The molecule has 3 N–H and O–H groups in total. The Morgan fingerprint density at radius 3 is 2.60 bits per heavy atom. The predicted molar refractivity (Wildman–Crippen MR) is 106 cm³/mol. The first kappa shape index (κ1) is 17.5. The summed E-state index contributed by atoms with van der Waals surface area (Å²) in [5.41, 5.74) is 12.6. The van der Waals surface area contributed by atoms with Crippen molar-refractivity contribution in [2.75, 3.05) is 19.4 Å². The fourth-order valence-electron chi connectivity index (χ4n) is 3.45. The van der Waals surface area contributed by atoms with Gasteiger partial charge in [0.05, 0.1) is 6.54 Å². The standard InChI is InChI=1S/C21H28N4/c1-25(2)15-18-10-4-3-9-17(18)14-23-21(22)24-20-13-7-11-16-8-5-6-12-19(16)20/h3-4,7,9-11,13H,5-6,8,12,14-15H2,1-2H3,(H3,22,23,24). The third-order valence-electron chi connectivity index (χ3n) is 4.68. The van der Waals surface area contributed by atoms with Crippen LogP contribution in [0.2, 0.25) is 0 Å². The number of nitrogens with two attached hydrogens (primary N) is 1. The first-order chi connectivity index (χ1) is 12.1. The van der Waals surface area contributed by atoms with Gasteiger partial charge in [-0.25, -0.2) is 4.99 Å². The number of nitrogens with zero attached hydrogens (tertiary/aromatic N) is 2. The van der Waals surface area contributed by atoms with E-state index in [1.165, 1.54) is 41.5 Å². The Kier molecular flexibility index (Phi) is 5.71. The van der Waals surface area contributed by atoms with E-state index in [9.17, 15) is 0 Å². The monoisotopic (exact) mass is 336 g/mol. The molecule has 2 aromatic rings. The van der Waals surface area contributed by atoms with Crippen LogP contribution in [0.15, 0.2) is 47.5 Å². The van der Waals surface area contributed by atoms with E-state index in [4.69, 9.17) is 5.73 Å². The van der Waals surface area contributed by atoms with Gasteiger partial charge in [0, 0.05) is 12.2 Å². The van der Waals surface area contributed by atoms with Crippen molar-refractivity contribution in [3.63, 3.8) is 0 Å². The first-order valence-electron chi connectivity index (χ1n) is 9.02. The van der Waals surface area contributed by atoms with Crippen molar-refractivity contribution in [1.29, 1.82) is 0 Å². The fourth-order valence-corrected chi connectivity index (χ4v) is 3.45. The van der Waals surface area contributed by atoms with Gasteiger partial charge in [-0.05, 0) is 68.1 Å². The molecule has 1 aliphatic rings. The third-order valence-corrected chi connectivity index (χ3v) is 4.68. The van der Waals surface area contributed by atoms with E-state index in [2.05, 4.69) is 71.8 Å². The van der Waals surface area contributed by atoms with Crippen LogP contribution in [0.1, 0.15) is 35.1 Å². The smallest absolute Gasteiger partial charge is 0.193 e. The van der Waals surface area contributed by atoms with Crippen molar-refractivity contribution in [3.05, 3.63) is 64.7 Å². The van der Waals surface area contributed by atoms with Crippen molar-refractivity contribution < 1.29 is 0 Å². The molecule has 0 fully saturated rings. The molecule has 4 heteroatoms. The van der Waals surface area contributed by atoms with Gasteiger partial charge in [-0.2, -0.15) is 0 Å². The molecule has 25 heavy (non-hydrogen) atoms. The van der Waals surface area contributed by atoms with Crippen LogP contribution in [0.3, 0.4) is 0 Å². The molecule has 0 amide bonds. The zero-order valence-corrected chi connectivity index (χ0v) is 15.3. The van der Waals surface area contributed by atoms with E-state index in [1.54, 1.807) is 0 Å². The molecule has 0 atom stereocenters. The van der Waals surface area contributed by atoms with Gasteiger partial charge in [0.25, 0.3) is 0 Å². The van der Waals surface area contributed by atoms with Crippen LogP contribution in [-0.2, 0) is 25.9 Å². The zero-order chi connectivity index (χ0) is 17.6. The predicted octanol–water partition coefficient (Wildman–Crippen LogP) is 3.55. The van der Waals surface area contributed by atoms with Crippen LogP contribution in [0.25, 0.3) is 0 Å². The number of hydrogen-bond donors (Lipinski definition) is 2. The molecule has 2 aromatic carbocycles. The van der Waals surface area contributed by atoms with Gasteiger partial charge >= 0.3 is 0 Å². The number of hydrogen-bond acceptors (Lipinski definition) is 2. The maximum atomic E-state index is 6.17. The van der Waals surface area contributed by atoms with Crippen LogP contribution < -0.4 is 11.1 Å². The number of benzene rings is 2. The van der Waals surface area contributed by atoms with Crippen molar-refractivity contribution in [1.82, 2.24) is 4.90 Å². The lowest BCUT2D eigenvalue weighted by Crippen LogP contribution is -2.24. The minimum atomic E-state index is 0.485. The van der Waals surface area contributed by atoms with E-state index in [1.807, 2.05) is 0 Å². The van der Waals surface area contributed by atoms with Gasteiger partial charge in [0.15, 0.2) is 5.96 Å². The Hall–Kier alpha value is -2.33. The molecule has 3 rings (SSSR count). The van der Waals surface area contributed by atoms with Gasteiger partial charge < -0.3 is 16.0 Å². The van der Waals surface area contributed by atoms with Crippen LogP contribution >= 0.6 is 0 Å². The second-order valence-corrected chi connectivity index (χ2v) is 6.98. The molecule has 0 heterocycles. The molecule has 0 radical (unpaired) electrons. The number of nitrogens with one attached hydrogen (secondary N) is 1. The van der Waals surface area contributed by atoms with Gasteiger partial charge in [0.2, 0.25) is 0 Å². The lowest BCUT2D eigenvalue weighted by Gasteiger charge is -2.20. The number of anilines is 1. The summed E-state index contributed by atoms with van der Waals surface area (Å²) in [6, 6.07) is 14.8. The molecule has 0 aromatic heterocycles. The maximum Gasteiger partial charge on any atom is 0.193 e. The number of aryl methyl sites for hydroxylation is 1. The second kappa shape index (κ2) is 8.17. The highest BCUT2D eigenvalue weighted by Gasteiger charge is 2.13. The maximum absolute atomic E-state index is 6.17. The highest BCUT2D eigenvalue weighted by Crippen LogP contribution is 2.27. The van der Waals surface area contributed by atoms with Crippen molar-refractivity contribution in [2.45, 2.75) is 38.8 Å². The van der Waals surface area contributed by atoms with E-state index in [0.717, 1.165) is 18.7 Å². The topological polar surface area (TPSA) is 53.6 Å². The molecule has 0 spiro atoms. The molecule has 0 unspecified atom stereocenters. The van der Waals surface area contributed by atoms with Crippen LogP contribution in [0.5, 0.6) is 0 Å². The van der Waals surface area contributed by atoms with E-state index < -0.39 is 0 Å². The Morgan fingerprint density at radius 2 is 1.80 bits per heavy atom. The summed E-state index contributed by atoms with van der Waals surface area (Å²) in [7, 11) is 4.16. The molecule has 1 aliphatic carbocycles. The average Bonchev–Trinajstić information content (AvgIpc) is 2.61. The first-order valence-corrected chi connectivity index (χ1v) is 9.02.